The Morgan fingerprint density at radius 1 is 1.14 bits per heavy atom. The first-order chi connectivity index (χ1) is 13.7. The fraction of sp³-hybridized carbons (Fsp3) is 0.333. The first-order valence-electron chi connectivity index (χ1n) is 8.87. The average molecular weight is 408 g/mol. The molecule has 0 spiro atoms. The summed E-state index contributed by atoms with van der Waals surface area (Å²) in [6.07, 6.45) is 5.65. The number of carbonyl (C=O) groups is 3. The Kier molecular flexibility index (Phi) is 7.42. The highest BCUT2D eigenvalue weighted by Gasteiger charge is 2.30. The smallest absolute Gasteiger partial charge is 0.384 e. The van der Waals surface area contributed by atoms with Gasteiger partial charge in [-0.25, -0.2) is 24.4 Å². The summed E-state index contributed by atoms with van der Waals surface area (Å²) in [4.78, 5) is 38.4. The molecule has 29 heavy (non-hydrogen) atoms. The third kappa shape index (κ3) is 5.38. The molecule has 2 aliphatic rings. The Labute approximate surface area is 166 Å². The first kappa shape index (κ1) is 22.0. The van der Waals surface area contributed by atoms with Crippen molar-refractivity contribution in [1.29, 1.82) is 0 Å². The summed E-state index contributed by atoms with van der Waals surface area (Å²) in [7, 11) is 3.06. The van der Waals surface area contributed by atoms with Crippen molar-refractivity contribution < 1.29 is 49.2 Å². The summed E-state index contributed by atoms with van der Waals surface area (Å²) in [5, 5.41) is 34.0. The van der Waals surface area contributed by atoms with Gasteiger partial charge in [0.05, 0.1) is 20.7 Å². The van der Waals surface area contributed by atoms with E-state index in [4.69, 9.17) is 4.74 Å². The fourth-order valence-corrected chi connectivity index (χ4v) is 2.47. The maximum atomic E-state index is 11.9. The predicted octanol–water partition coefficient (Wildman–Crippen LogP) is -6.28. The van der Waals surface area contributed by atoms with E-state index in [0.717, 1.165) is 0 Å². The molecule has 0 aromatic carbocycles. The van der Waals surface area contributed by atoms with E-state index in [2.05, 4.69) is 10.3 Å². The van der Waals surface area contributed by atoms with Crippen LogP contribution in [0.4, 0.5) is 0 Å². The number of carbonyl (C=O) groups excluding carboxylic acids is 3. The van der Waals surface area contributed by atoms with E-state index in [1.165, 1.54) is 31.6 Å². The van der Waals surface area contributed by atoms with Crippen molar-refractivity contribution in [2.75, 3.05) is 40.4 Å². The van der Waals surface area contributed by atoms with E-state index < -0.39 is 29.2 Å². The van der Waals surface area contributed by atoms with E-state index >= 15 is 0 Å². The van der Waals surface area contributed by atoms with Crippen LogP contribution >= 0.6 is 0 Å². The van der Waals surface area contributed by atoms with Gasteiger partial charge >= 0.3 is 17.7 Å². The van der Waals surface area contributed by atoms with Crippen LogP contribution in [0.25, 0.3) is 0 Å². The van der Waals surface area contributed by atoms with Crippen LogP contribution in [0.5, 0.6) is 0 Å². The van der Waals surface area contributed by atoms with Gasteiger partial charge in [-0.15, -0.1) is 0 Å². The number of quaternary nitrogens is 2. The Bertz CT molecular complexity index is 854. The number of nitrogens with one attached hydrogen (secondary N) is 4. The van der Waals surface area contributed by atoms with Crippen LogP contribution in [0.2, 0.25) is 0 Å². The van der Waals surface area contributed by atoms with Gasteiger partial charge in [-0.2, -0.15) is 0 Å². The number of aliphatic hydroxyl groups excluding tert-OH is 2. The molecule has 2 unspecified atom stereocenters. The summed E-state index contributed by atoms with van der Waals surface area (Å²) in [5.74, 6) is -3.62. The summed E-state index contributed by atoms with van der Waals surface area (Å²) in [6.45, 7) is 0.607. The quantitative estimate of drug-likeness (QED) is 0.132. The van der Waals surface area contributed by atoms with Crippen LogP contribution in [-0.2, 0) is 19.1 Å². The van der Waals surface area contributed by atoms with Gasteiger partial charge in [0.25, 0.3) is 5.91 Å². The van der Waals surface area contributed by atoms with Crippen molar-refractivity contribution in [2.45, 2.75) is 0 Å². The van der Waals surface area contributed by atoms with Gasteiger partial charge in [0.15, 0.2) is 6.54 Å². The van der Waals surface area contributed by atoms with Crippen LogP contribution in [-0.4, -0.2) is 74.2 Å². The SMILES string of the molecule is C[NH+]1C=CC(C(=O)NCCOCC[NH+]=C(O)C2=C(O)C(=O)[NH+](C)C=C2)=C([O-])C1=O. The Morgan fingerprint density at radius 2 is 1.76 bits per heavy atom. The highest BCUT2D eigenvalue weighted by Crippen LogP contribution is 2.04. The highest BCUT2D eigenvalue weighted by molar-refractivity contribution is 6.03. The molecule has 2 heterocycles. The molecule has 0 saturated heterocycles. The lowest BCUT2D eigenvalue weighted by Gasteiger charge is -2.20. The molecule has 0 fully saturated rings. The number of rotatable bonds is 8. The van der Waals surface area contributed by atoms with E-state index in [0.29, 0.717) is 4.90 Å². The molecule has 0 aromatic rings. The molecular formula is C18H24N4O7+2. The minimum absolute atomic E-state index is 0.00267. The normalized spacial score (nSPS) is 22.5. The summed E-state index contributed by atoms with van der Waals surface area (Å²) in [6, 6.07) is 0. The molecule has 0 saturated carbocycles. The van der Waals surface area contributed by atoms with Crippen LogP contribution in [0.1, 0.15) is 0 Å². The number of hydrogen-bond acceptors (Lipinski definition) is 6. The summed E-state index contributed by atoms with van der Waals surface area (Å²) in [5.41, 5.74) is -0.213. The summed E-state index contributed by atoms with van der Waals surface area (Å²) >= 11 is 0. The lowest BCUT2D eigenvalue weighted by Crippen LogP contribution is -3.08. The molecule has 2 aliphatic heterocycles. The average Bonchev–Trinajstić information content (AvgIpc) is 2.69. The Morgan fingerprint density at radius 3 is 2.45 bits per heavy atom. The Balaban J connectivity index is 1.71. The number of aliphatic hydroxyl groups is 2. The highest BCUT2D eigenvalue weighted by atomic mass is 16.5. The lowest BCUT2D eigenvalue weighted by molar-refractivity contribution is -0.741. The molecule has 6 N–H and O–H groups in total. The van der Waals surface area contributed by atoms with Crippen molar-refractivity contribution in [2.24, 2.45) is 0 Å². The summed E-state index contributed by atoms with van der Waals surface area (Å²) < 4.78 is 5.29. The molecular weight excluding hydrogens is 384 g/mol. The molecule has 0 bridgehead atoms. The van der Waals surface area contributed by atoms with Crippen molar-refractivity contribution in [3.05, 3.63) is 47.2 Å². The standard InChI is InChI=1S/C18H22N4O7/c1-21-7-3-11(13(23)17(21)27)15(25)19-5-9-29-10-6-20-16(26)12-4-8-22(2)18(28)14(12)24/h3-4,7-8,23-24H,5-6,9-10H2,1-2H3,(H,19,25)(H,20,26)/p+2. The molecule has 156 valence electrons. The third-order valence-corrected chi connectivity index (χ3v) is 4.21. The van der Waals surface area contributed by atoms with Crippen molar-refractivity contribution in [3.63, 3.8) is 0 Å². The van der Waals surface area contributed by atoms with Crippen LogP contribution < -0.4 is 25.2 Å². The maximum absolute atomic E-state index is 11.9. The molecule has 0 aromatic heterocycles. The molecule has 11 nitrogen and oxygen atoms in total. The number of amides is 3. The van der Waals surface area contributed by atoms with Gasteiger partial charge in [0.1, 0.15) is 24.6 Å². The van der Waals surface area contributed by atoms with Gasteiger partial charge in [-0.3, -0.25) is 4.79 Å². The van der Waals surface area contributed by atoms with E-state index in [1.54, 1.807) is 7.05 Å². The van der Waals surface area contributed by atoms with Crippen LogP contribution in [0, 0.1) is 0 Å². The minimum atomic E-state index is -0.834. The molecule has 0 radical (unpaired) electrons. The molecule has 2 rings (SSSR count). The maximum Gasteiger partial charge on any atom is 0.384 e. The monoisotopic (exact) mass is 408 g/mol. The second kappa shape index (κ2) is 9.78. The first-order valence-corrected chi connectivity index (χ1v) is 8.87. The molecule has 3 amide bonds. The van der Waals surface area contributed by atoms with Gasteiger partial charge in [0, 0.05) is 30.0 Å². The largest absolute Gasteiger partial charge is 0.865 e. The van der Waals surface area contributed by atoms with Crippen LogP contribution in [0.3, 0.4) is 0 Å². The lowest BCUT2D eigenvalue weighted by atomic mass is 10.1. The number of likely N-dealkylation sites (N-methyl/N-ethyl adjacent to an activating group) is 2. The number of hydrogen-bond donors (Lipinski definition) is 6. The topological polar surface area (TPSA) is 159 Å². The number of ether oxygens (including phenoxy) is 1. The molecule has 11 heteroatoms. The van der Waals surface area contributed by atoms with E-state index in [-0.39, 0.29) is 48.2 Å². The zero-order chi connectivity index (χ0) is 21.6. The van der Waals surface area contributed by atoms with Gasteiger partial charge in [0.2, 0.25) is 5.76 Å². The Hall–Kier alpha value is -3.28. The van der Waals surface area contributed by atoms with Crippen molar-refractivity contribution in [1.82, 2.24) is 5.32 Å². The van der Waals surface area contributed by atoms with E-state index in [9.17, 15) is 29.7 Å². The molecule has 0 aliphatic carbocycles. The van der Waals surface area contributed by atoms with Crippen molar-refractivity contribution >= 4 is 23.6 Å². The predicted molar refractivity (Wildman–Crippen MR) is 96.0 cm³/mol. The van der Waals surface area contributed by atoms with Gasteiger partial charge in [-0.05, 0) is 0 Å². The van der Waals surface area contributed by atoms with E-state index in [1.807, 2.05) is 0 Å². The van der Waals surface area contributed by atoms with Crippen LogP contribution in [0.15, 0.2) is 47.2 Å². The second-order valence-corrected chi connectivity index (χ2v) is 6.34. The zero-order valence-electron chi connectivity index (χ0n) is 16.1. The minimum Gasteiger partial charge on any atom is -0.865 e. The van der Waals surface area contributed by atoms with Crippen molar-refractivity contribution in [3.8, 4) is 0 Å². The fourth-order valence-electron chi connectivity index (χ4n) is 2.47. The van der Waals surface area contributed by atoms with Gasteiger partial charge in [-0.1, -0.05) is 0 Å². The second-order valence-electron chi connectivity index (χ2n) is 6.34. The zero-order valence-corrected chi connectivity index (χ0v) is 16.1. The molecule has 2 atom stereocenters. The third-order valence-electron chi connectivity index (χ3n) is 4.21. The van der Waals surface area contributed by atoms with Gasteiger partial charge < -0.3 is 25.4 Å².